The van der Waals surface area contributed by atoms with Crippen LogP contribution in [-0.2, 0) is 14.3 Å². The Bertz CT molecular complexity index is 396. The van der Waals surface area contributed by atoms with E-state index in [1.165, 1.54) is 7.11 Å². The van der Waals surface area contributed by atoms with Gasteiger partial charge in [-0.2, -0.15) is 0 Å². The monoisotopic (exact) mass is 300 g/mol. The van der Waals surface area contributed by atoms with E-state index in [2.05, 4.69) is 10.8 Å². The van der Waals surface area contributed by atoms with Crippen molar-refractivity contribution in [2.75, 3.05) is 7.11 Å². The first-order valence-electron chi connectivity index (χ1n) is 7.42. The summed E-state index contributed by atoms with van der Waals surface area (Å²) in [6.45, 7) is 7.13. The fourth-order valence-corrected chi connectivity index (χ4v) is 2.25. The largest absolute Gasteiger partial charge is 0.467 e. The number of epoxide rings is 1. The molecule has 1 aliphatic heterocycles. The summed E-state index contributed by atoms with van der Waals surface area (Å²) in [6, 6.07) is 0. The second kappa shape index (κ2) is 6.90. The van der Waals surface area contributed by atoms with Crippen molar-refractivity contribution in [3.63, 3.8) is 0 Å². The molecule has 5 heteroatoms. The first-order chi connectivity index (χ1) is 9.60. The summed E-state index contributed by atoms with van der Waals surface area (Å²) < 4.78 is 10.1. The molecular weight excluding hydrogens is 272 g/mol. The van der Waals surface area contributed by atoms with E-state index in [-0.39, 0.29) is 5.97 Å². The molecule has 2 N–H and O–H groups in total. The summed E-state index contributed by atoms with van der Waals surface area (Å²) in [6.07, 6.45) is 3.78. The Morgan fingerprint density at radius 3 is 2.67 bits per heavy atom. The molecule has 3 atom stereocenters. The van der Waals surface area contributed by atoms with Crippen LogP contribution in [0.4, 0.5) is 0 Å². The Morgan fingerprint density at radius 2 is 2.14 bits per heavy atom. The van der Waals surface area contributed by atoms with E-state index in [4.69, 9.17) is 4.74 Å². The molecule has 0 saturated carbocycles. The molecule has 1 saturated heterocycles. The van der Waals surface area contributed by atoms with E-state index in [1.54, 1.807) is 13.8 Å². The number of hydrogen-bond acceptors (Lipinski definition) is 5. The molecule has 0 unspecified atom stereocenters. The molecule has 0 aromatic carbocycles. The average molecular weight is 300 g/mol. The smallest absolute Gasteiger partial charge is 0.338 e. The van der Waals surface area contributed by atoms with Crippen LogP contribution in [0, 0.1) is 0 Å². The zero-order valence-corrected chi connectivity index (χ0v) is 13.7. The molecule has 0 aromatic rings. The molecule has 1 aliphatic rings. The standard InChI is InChI=1S/C16H28O5/c1-11(8-9-12(17)15(2,3)19)7-6-10-16(4)13(21-16)14(18)20-5/h7,12-13,17,19H,6,8-10H2,1-5H3/b11-7+/t12-,13-,16-/m0/s1. The Hall–Kier alpha value is -0.910. The van der Waals surface area contributed by atoms with Crippen LogP contribution < -0.4 is 0 Å². The van der Waals surface area contributed by atoms with Crippen molar-refractivity contribution in [3.8, 4) is 0 Å². The number of aliphatic hydroxyl groups is 2. The molecular formula is C16H28O5. The van der Waals surface area contributed by atoms with E-state index in [1.807, 2.05) is 13.8 Å². The number of aliphatic hydroxyl groups excluding tert-OH is 1. The molecule has 0 amide bonds. The number of allylic oxidation sites excluding steroid dienone is 2. The van der Waals surface area contributed by atoms with Gasteiger partial charge in [0, 0.05) is 0 Å². The van der Waals surface area contributed by atoms with Gasteiger partial charge in [-0.05, 0) is 53.4 Å². The van der Waals surface area contributed by atoms with Gasteiger partial charge in [0.15, 0.2) is 6.10 Å². The molecule has 1 fully saturated rings. The van der Waals surface area contributed by atoms with E-state index >= 15 is 0 Å². The minimum absolute atomic E-state index is 0.313. The maximum absolute atomic E-state index is 11.3. The third-order valence-corrected chi connectivity index (χ3v) is 4.06. The third-order valence-electron chi connectivity index (χ3n) is 4.06. The van der Waals surface area contributed by atoms with Gasteiger partial charge in [-0.15, -0.1) is 0 Å². The highest BCUT2D eigenvalue weighted by Gasteiger charge is 2.57. The second-order valence-corrected chi connectivity index (χ2v) is 6.63. The van der Waals surface area contributed by atoms with Crippen molar-refractivity contribution in [1.29, 1.82) is 0 Å². The Morgan fingerprint density at radius 1 is 1.52 bits per heavy atom. The molecule has 1 heterocycles. The molecule has 0 radical (unpaired) electrons. The van der Waals surface area contributed by atoms with E-state index < -0.39 is 23.4 Å². The lowest BCUT2D eigenvalue weighted by atomic mass is 9.95. The number of methoxy groups -OCH3 is 1. The number of carbonyl (C=O) groups excluding carboxylic acids is 1. The quantitative estimate of drug-likeness (QED) is 0.407. The Kier molecular flexibility index (Phi) is 5.96. The van der Waals surface area contributed by atoms with Crippen molar-refractivity contribution in [3.05, 3.63) is 11.6 Å². The number of carbonyl (C=O) groups is 1. The van der Waals surface area contributed by atoms with Crippen molar-refractivity contribution in [1.82, 2.24) is 0 Å². The lowest BCUT2D eigenvalue weighted by Gasteiger charge is -2.24. The third kappa shape index (κ3) is 5.41. The van der Waals surface area contributed by atoms with Gasteiger partial charge >= 0.3 is 5.97 Å². The maximum atomic E-state index is 11.3. The zero-order chi connectivity index (χ0) is 16.3. The highest BCUT2D eigenvalue weighted by molar-refractivity contribution is 5.79. The predicted octanol–water partition coefficient (Wildman–Crippen LogP) is 1.96. The van der Waals surface area contributed by atoms with Crippen LogP contribution in [0.2, 0.25) is 0 Å². The minimum atomic E-state index is -1.07. The Balaban J connectivity index is 2.30. The topological polar surface area (TPSA) is 79.3 Å². The van der Waals surface area contributed by atoms with Crippen LogP contribution >= 0.6 is 0 Å². The highest BCUT2D eigenvalue weighted by atomic mass is 16.6. The van der Waals surface area contributed by atoms with Crippen LogP contribution in [0.3, 0.4) is 0 Å². The highest BCUT2D eigenvalue weighted by Crippen LogP contribution is 2.41. The van der Waals surface area contributed by atoms with Crippen LogP contribution in [0.25, 0.3) is 0 Å². The van der Waals surface area contributed by atoms with Gasteiger partial charge in [-0.1, -0.05) is 11.6 Å². The van der Waals surface area contributed by atoms with Crippen molar-refractivity contribution in [2.24, 2.45) is 0 Å². The van der Waals surface area contributed by atoms with Gasteiger partial charge in [-0.3, -0.25) is 0 Å². The van der Waals surface area contributed by atoms with E-state index in [9.17, 15) is 15.0 Å². The van der Waals surface area contributed by atoms with Crippen molar-refractivity contribution in [2.45, 2.75) is 76.8 Å². The molecule has 0 bridgehead atoms. The van der Waals surface area contributed by atoms with Crippen LogP contribution in [0.5, 0.6) is 0 Å². The van der Waals surface area contributed by atoms with Crippen LogP contribution in [-0.4, -0.2) is 46.7 Å². The lowest BCUT2D eigenvalue weighted by molar-refractivity contribution is -0.142. The number of ether oxygens (including phenoxy) is 2. The summed E-state index contributed by atoms with van der Waals surface area (Å²) in [7, 11) is 1.36. The van der Waals surface area contributed by atoms with E-state index in [0.29, 0.717) is 6.42 Å². The van der Waals surface area contributed by atoms with Crippen molar-refractivity contribution >= 4 is 5.97 Å². The number of hydrogen-bond donors (Lipinski definition) is 2. The second-order valence-electron chi connectivity index (χ2n) is 6.63. The average Bonchev–Trinajstić information content (AvgIpc) is 3.06. The van der Waals surface area contributed by atoms with Crippen LogP contribution in [0.1, 0.15) is 53.4 Å². The fourth-order valence-electron chi connectivity index (χ4n) is 2.25. The van der Waals surface area contributed by atoms with Gasteiger partial charge in [0.05, 0.1) is 18.8 Å². The first kappa shape index (κ1) is 18.1. The molecule has 21 heavy (non-hydrogen) atoms. The van der Waals surface area contributed by atoms with Gasteiger partial charge in [-0.25, -0.2) is 4.79 Å². The van der Waals surface area contributed by atoms with Gasteiger partial charge in [0.25, 0.3) is 0 Å². The fraction of sp³-hybridized carbons (Fsp3) is 0.812. The molecule has 0 aromatic heterocycles. The molecule has 1 rings (SSSR count). The van der Waals surface area contributed by atoms with Gasteiger partial charge < -0.3 is 19.7 Å². The van der Waals surface area contributed by atoms with Crippen molar-refractivity contribution < 1.29 is 24.5 Å². The molecule has 5 nitrogen and oxygen atoms in total. The SMILES string of the molecule is COC(=O)[C@@H]1O[C@@]1(C)CC/C=C(\C)CC[C@H](O)C(C)(C)O. The summed E-state index contributed by atoms with van der Waals surface area (Å²) in [4.78, 5) is 11.3. The van der Waals surface area contributed by atoms with Gasteiger partial charge in [0.1, 0.15) is 5.60 Å². The molecule has 122 valence electrons. The minimum Gasteiger partial charge on any atom is -0.467 e. The predicted molar refractivity (Wildman–Crippen MR) is 79.8 cm³/mol. The summed E-state index contributed by atoms with van der Waals surface area (Å²) >= 11 is 0. The molecule has 0 spiro atoms. The lowest BCUT2D eigenvalue weighted by Crippen LogP contribution is -2.35. The molecule has 0 aliphatic carbocycles. The number of esters is 1. The van der Waals surface area contributed by atoms with Crippen LogP contribution in [0.15, 0.2) is 11.6 Å². The Labute approximate surface area is 126 Å². The van der Waals surface area contributed by atoms with Gasteiger partial charge in [0.2, 0.25) is 0 Å². The summed E-state index contributed by atoms with van der Waals surface area (Å²) in [5, 5.41) is 19.4. The number of rotatable bonds is 8. The maximum Gasteiger partial charge on any atom is 0.338 e. The summed E-state index contributed by atoms with van der Waals surface area (Å²) in [5.74, 6) is -0.313. The van der Waals surface area contributed by atoms with E-state index in [0.717, 1.165) is 24.8 Å². The zero-order valence-electron chi connectivity index (χ0n) is 13.7. The summed E-state index contributed by atoms with van der Waals surface area (Å²) in [5.41, 5.74) is -0.308. The normalized spacial score (nSPS) is 27.4. The first-order valence-corrected chi connectivity index (χ1v) is 7.42.